The quantitative estimate of drug-likeness (QED) is 0.815. The highest BCUT2D eigenvalue weighted by molar-refractivity contribution is 5.73. The first-order valence-corrected chi connectivity index (χ1v) is 8.21. The standard InChI is InChI=1S/C17H21N7O2/c1-23-8-10-24(11-9-23)17(25)26-14-5-3-2-4-12(14)21-22-13-6-7-15(18)20-16(13)19/h2-7H,8-11H2,1H3,(H4,18,19,20)/b22-21+. The van der Waals surface area contributed by atoms with Crippen molar-refractivity contribution in [2.75, 3.05) is 44.7 Å². The van der Waals surface area contributed by atoms with Crippen molar-refractivity contribution < 1.29 is 9.53 Å². The van der Waals surface area contributed by atoms with Crippen LogP contribution in [0.3, 0.4) is 0 Å². The third kappa shape index (κ3) is 4.25. The molecule has 26 heavy (non-hydrogen) atoms. The summed E-state index contributed by atoms with van der Waals surface area (Å²) in [6, 6.07) is 10.1. The number of piperazine rings is 1. The molecule has 1 aromatic carbocycles. The maximum atomic E-state index is 12.4. The summed E-state index contributed by atoms with van der Waals surface area (Å²) in [5.41, 5.74) is 12.1. The predicted molar refractivity (Wildman–Crippen MR) is 98.8 cm³/mol. The molecule has 9 heteroatoms. The van der Waals surface area contributed by atoms with Crippen LogP contribution in [0.1, 0.15) is 0 Å². The number of anilines is 2. The van der Waals surface area contributed by atoms with Gasteiger partial charge in [0.2, 0.25) is 0 Å². The number of nitrogen functional groups attached to an aromatic ring is 2. The van der Waals surface area contributed by atoms with Crippen molar-refractivity contribution in [3.8, 4) is 5.75 Å². The highest BCUT2D eigenvalue weighted by Crippen LogP contribution is 2.30. The summed E-state index contributed by atoms with van der Waals surface area (Å²) in [6.45, 7) is 2.90. The van der Waals surface area contributed by atoms with Crippen molar-refractivity contribution in [3.63, 3.8) is 0 Å². The van der Waals surface area contributed by atoms with Crippen molar-refractivity contribution in [2.24, 2.45) is 10.2 Å². The lowest BCUT2D eigenvalue weighted by Gasteiger charge is -2.31. The van der Waals surface area contributed by atoms with Crippen LogP contribution < -0.4 is 16.2 Å². The number of hydrogen-bond acceptors (Lipinski definition) is 8. The number of rotatable bonds is 3. The zero-order chi connectivity index (χ0) is 18.5. The lowest BCUT2D eigenvalue weighted by Crippen LogP contribution is -2.48. The van der Waals surface area contributed by atoms with E-state index in [1.807, 2.05) is 7.05 Å². The molecule has 1 aliphatic rings. The summed E-state index contributed by atoms with van der Waals surface area (Å²) in [4.78, 5) is 20.1. The molecule has 0 spiro atoms. The maximum absolute atomic E-state index is 12.4. The second-order valence-electron chi connectivity index (χ2n) is 5.97. The van der Waals surface area contributed by atoms with Gasteiger partial charge in [-0.3, -0.25) is 0 Å². The number of amides is 1. The molecular formula is C17H21N7O2. The Bertz CT molecular complexity index is 817. The highest BCUT2D eigenvalue weighted by atomic mass is 16.6. The number of nitrogens with zero attached hydrogens (tertiary/aromatic N) is 5. The number of benzene rings is 1. The molecule has 136 valence electrons. The molecule has 1 aromatic heterocycles. The molecule has 3 rings (SSSR count). The fourth-order valence-corrected chi connectivity index (χ4v) is 2.45. The fourth-order valence-electron chi connectivity index (χ4n) is 2.45. The van der Waals surface area contributed by atoms with Gasteiger partial charge in [-0.1, -0.05) is 12.1 Å². The molecule has 4 N–H and O–H groups in total. The number of carbonyl (C=O) groups is 1. The maximum Gasteiger partial charge on any atom is 0.415 e. The van der Waals surface area contributed by atoms with E-state index in [-0.39, 0.29) is 5.82 Å². The summed E-state index contributed by atoms with van der Waals surface area (Å²) < 4.78 is 5.51. The molecule has 2 heterocycles. The second-order valence-corrected chi connectivity index (χ2v) is 5.97. The Hall–Kier alpha value is -3.20. The molecule has 1 fully saturated rings. The Labute approximate surface area is 151 Å². The van der Waals surface area contributed by atoms with Gasteiger partial charge in [0, 0.05) is 26.2 Å². The van der Waals surface area contributed by atoms with Crippen LogP contribution in [0.15, 0.2) is 46.6 Å². The fraction of sp³-hybridized carbons (Fsp3) is 0.294. The van der Waals surface area contributed by atoms with E-state index in [4.69, 9.17) is 16.2 Å². The predicted octanol–water partition coefficient (Wildman–Crippen LogP) is 2.41. The summed E-state index contributed by atoms with van der Waals surface area (Å²) in [5.74, 6) is 0.825. The van der Waals surface area contributed by atoms with Crippen molar-refractivity contribution >= 4 is 29.1 Å². The molecule has 2 aromatic rings. The van der Waals surface area contributed by atoms with Crippen molar-refractivity contribution in [2.45, 2.75) is 0 Å². The van der Waals surface area contributed by atoms with Gasteiger partial charge in [-0.2, -0.15) is 0 Å². The number of hydrogen-bond donors (Lipinski definition) is 2. The third-order valence-electron chi connectivity index (χ3n) is 4.01. The molecule has 1 saturated heterocycles. The zero-order valence-electron chi connectivity index (χ0n) is 14.5. The van der Waals surface area contributed by atoms with E-state index in [0.29, 0.717) is 36.0 Å². The zero-order valence-corrected chi connectivity index (χ0v) is 14.5. The summed E-state index contributed by atoms with van der Waals surface area (Å²) >= 11 is 0. The minimum atomic E-state index is -0.394. The van der Waals surface area contributed by atoms with E-state index in [1.165, 1.54) is 0 Å². The third-order valence-corrected chi connectivity index (χ3v) is 4.01. The number of nitrogens with two attached hydrogens (primary N) is 2. The topological polar surface area (TPSA) is 122 Å². The molecule has 0 saturated carbocycles. The van der Waals surface area contributed by atoms with E-state index in [0.717, 1.165) is 13.1 Å². The van der Waals surface area contributed by atoms with Gasteiger partial charge < -0.3 is 26.0 Å². The Kier molecular flexibility index (Phi) is 5.28. The Morgan fingerprint density at radius 2 is 1.73 bits per heavy atom. The largest absolute Gasteiger partial charge is 0.415 e. The number of likely N-dealkylation sites (N-methyl/N-ethyl adjacent to an activating group) is 1. The normalized spacial score (nSPS) is 15.3. The van der Waals surface area contributed by atoms with E-state index in [9.17, 15) is 4.79 Å². The Morgan fingerprint density at radius 3 is 2.46 bits per heavy atom. The lowest BCUT2D eigenvalue weighted by molar-refractivity contribution is 0.120. The molecule has 0 unspecified atom stereocenters. The Balaban J connectivity index is 1.73. The highest BCUT2D eigenvalue weighted by Gasteiger charge is 2.21. The van der Waals surface area contributed by atoms with Crippen LogP contribution in [-0.4, -0.2) is 54.1 Å². The van der Waals surface area contributed by atoms with Crippen LogP contribution in [0.25, 0.3) is 0 Å². The van der Waals surface area contributed by atoms with Crippen LogP contribution >= 0.6 is 0 Å². The number of pyridine rings is 1. The van der Waals surface area contributed by atoms with Crippen LogP contribution in [0.5, 0.6) is 5.75 Å². The van der Waals surface area contributed by atoms with Gasteiger partial charge in [0.1, 0.15) is 17.2 Å². The summed E-state index contributed by atoms with van der Waals surface area (Å²) in [6.07, 6.45) is -0.394. The average Bonchev–Trinajstić information content (AvgIpc) is 2.62. The summed E-state index contributed by atoms with van der Waals surface area (Å²) in [5, 5.41) is 8.22. The monoisotopic (exact) mass is 355 g/mol. The van der Waals surface area contributed by atoms with Gasteiger partial charge in [0.15, 0.2) is 11.6 Å². The number of para-hydroxylation sites is 1. The SMILES string of the molecule is CN1CCN(C(=O)Oc2ccccc2/N=N/c2ccc(N)nc2N)CC1. The van der Waals surface area contributed by atoms with Crippen LogP contribution in [0.4, 0.5) is 27.8 Å². The van der Waals surface area contributed by atoms with Gasteiger partial charge >= 0.3 is 6.09 Å². The molecule has 9 nitrogen and oxygen atoms in total. The van der Waals surface area contributed by atoms with Crippen LogP contribution in [0, 0.1) is 0 Å². The van der Waals surface area contributed by atoms with Gasteiger partial charge in [-0.25, -0.2) is 9.78 Å². The van der Waals surface area contributed by atoms with E-state index >= 15 is 0 Å². The lowest BCUT2D eigenvalue weighted by atomic mass is 10.3. The minimum Gasteiger partial charge on any atom is -0.408 e. The van der Waals surface area contributed by atoms with Crippen LogP contribution in [-0.2, 0) is 0 Å². The van der Waals surface area contributed by atoms with Crippen molar-refractivity contribution in [1.82, 2.24) is 14.8 Å². The number of azo groups is 1. The van der Waals surface area contributed by atoms with E-state index in [1.54, 1.807) is 41.3 Å². The average molecular weight is 355 g/mol. The minimum absolute atomic E-state index is 0.181. The molecule has 0 bridgehead atoms. The second kappa shape index (κ2) is 7.79. The molecule has 0 atom stereocenters. The van der Waals surface area contributed by atoms with Gasteiger partial charge in [0.05, 0.1) is 0 Å². The molecule has 1 aliphatic heterocycles. The summed E-state index contributed by atoms with van der Waals surface area (Å²) in [7, 11) is 2.02. The molecule has 1 amide bonds. The molecule has 0 radical (unpaired) electrons. The number of aromatic nitrogens is 1. The first kappa shape index (κ1) is 17.6. The van der Waals surface area contributed by atoms with Gasteiger partial charge in [0.25, 0.3) is 0 Å². The van der Waals surface area contributed by atoms with Crippen LogP contribution in [0.2, 0.25) is 0 Å². The van der Waals surface area contributed by atoms with Gasteiger partial charge in [-0.15, -0.1) is 10.2 Å². The smallest absolute Gasteiger partial charge is 0.408 e. The van der Waals surface area contributed by atoms with Crippen molar-refractivity contribution in [1.29, 1.82) is 0 Å². The van der Waals surface area contributed by atoms with Gasteiger partial charge in [-0.05, 0) is 31.3 Å². The van der Waals surface area contributed by atoms with Crippen molar-refractivity contribution in [3.05, 3.63) is 36.4 Å². The number of ether oxygens (including phenoxy) is 1. The molecule has 0 aliphatic carbocycles. The molecular weight excluding hydrogens is 334 g/mol. The first-order chi connectivity index (χ1) is 12.5. The first-order valence-electron chi connectivity index (χ1n) is 8.21. The van der Waals surface area contributed by atoms with E-state index in [2.05, 4.69) is 20.1 Å². The number of carbonyl (C=O) groups excluding carboxylic acids is 1. The Morgan fingerprint density at radius 1 is 1.04 bits per heavy atom. The van der Waals surface area contributed by atoms with E-state index < -0.39 is 6.09 Å².